The Morgan fingerprint density at radius 3 is 2.57 bits per heavy atom. The average molecular weight is 297 g/mol. The van der Waals surface area contributed by atoms with Crippen molar-refractivity contribution in [1.29, 1.82) is 5.26 Å². The van der Waals surface area contributed by atoms with E-state index in [2.05, 4.69) is 5.32 Å². The number of aliphatic hydroxyl groups is 1. The van der Waals surface area contributed by atoms with E-state index >= 15 is 0 Å². The Morgan fingerprint density at radius 1 is 1.48 bits per heavy atom. The van der Waals surface area contributed by atoms with Gasteiger partial charge >= 0.3 is 5.97 Å². The lowest BCUT2D eigenvalue weighted by atomic mass is 10.0. The molecule has 0 aromatic rings. The Labute approximate surface area is 122 Å². The molecule has 4 atom stereocenters. The number of β-amino-alcohol motifs (C(OH)–C–C–N with tert-alkyl or cyclic N) is 1. The van der Waals surface area contributed by atoms with E-state index in [0.29, 0.717) is 0 Å². The molecule has 0 radical (unpaired) electrons. The van der Waals surface area contributed by atoms with Crippen LogP contribution in [0.5, 0.6) is 0 Å². The minimum absolute atomic E-state index is 0.0209. The predicted octanol–water partition coefficient (Wildman–Crippen LogP) is -0.913. The first-order valence-corrected chi connectivity index (χ1v) is 6.64. The smallest absolute Gasteiger partial charge is 0.326 e. The summed E-state index contributed by atoms with van der Waals surface area (Å²) >= 11 is 0. The SMILES string of the molecule is CC(=O)N1C[C@H](O)C[C@H]1C(=O)N[C@@H](C[C@@H](C)C#N)C(=O)O. The van der Waals surface area contributed by atoms with Gasteiger partial charge < -0.3 is 20.4 Å². The molecule has 1 fully saturated rings. The Morgan fingerprint density at radius 2 is 2.10 bits per heavy atom. The van der Waals surface area contributed by atoms with Crippen molar-refractivity contribution in [1.82, 2.24) is 10.2 Å². The molecule has 3 N–H and O–H groups in total. The topological polar surface area (TPSA) is 131 Å². The number of carboxylic acid groups (broad SMARTS) is 1. The van der Waals surface area contributed by atoms with Crippen LogP contribution < -0.4 is 5.32 Å². The van der Waals surface area contributed by atoms with E-state index in [9.17, 15) is 19.5 Å². The van der Waals surface area contributed by atoms with Gasteiger partial charge in [0.1, 0.15) is 12.1 Å². The van der Waals surface area contributed by atoms with Crippen molar-refractivity contribution in [3.05, 3.63) is 0 Å². The Kier molecular flexibility index (Phi) is 5.67. The summed E-state index contributed by atoms with van der Waals surface area (Å²) in [5.41, 5.74) is 0. The number of carboxylic acids is 1. The fraction of sp³-hybridized carbons (Fsp3) is 0.692. The number of hydrogen-bond acceptors (Lipinski definition) is 5. The van der Waals surface area contributed by atoms with Crippen molar-refractivity contribution in [2.24, 2.45) is 5.92 Å². The first-order valence-electron chi connectivity index (χ1n) is 6.64. The summed E-state index contributed by atoms with van der Waals surface area (Å²) in [6.07, 6.45) is -0.746. The molecule has 2 amide bonds. The van der Waals surface area contributed by atoms with E-state index < -0.39 is 36.0 Å². The highest BCUT2D eigenvalue weighted by atomic mass is 16.4. The molecule has 0 aliphatic carbocycles. The van der Waals surface area contributed by atoms with Crippen LogP contribution >= 0.6 is 0 Å². The van der Waals surface area contributed by atoms with E-state index in [1.165, 1.54) is 11.8 Å². The number of nitriles is 1. The Balaban J connectivity index is 2.75. The van der Waals surface area contributed by atoms with Gasteiger partial charge in [0.15, 0.2) is 0 Å². The molecule has 1 rings (SSSR count). The summed E-state index contributed by atoms with van der Waals surface area (Å²) in [6, 6.07) is -0.166. The van der Waals surface area contributed by atoms with Gasteiger partial charge in [-0.3, -0.25) is 9.59 Å². The zero-order chi connectivity index (χ0) is 16.2. The highest BCUT2D eigenvalue weighted by molar-refractivity contribution is 5.90. The van der Waals surface area contributed by atoms with Crippen LogP contribution in [0, 0.1) is 17.2 Å². The molecular formula is C13H19N3O5. The molecule has 8 nitrogen and oxygen atoms in total. The van der Waals surface area contributed by atoms with Crippen LogP contribution in [-0.2, 0) is 14.4 Å². The fourth-order valence-electron chi connectivity index (χ4n) is 2.31. The largest absolute Gasteiger partial charge is 0.480 e. The van der Waals surface area contributed by atoms with Crippen LogP contribution in [0.2, 0.25) is 0 Å². The molecule has 1 aliphatic rings. The van der Waals surface area contributed by atoms with Gasteiger partial charge in [0.05, 0.1) is 12.2 Å². The number of likely N-dealkylation sites (tertiary alicyclic amines) is 1. The summed E-state index contributed by atoms with van der Waals surface area (Å²) in [6.45, 7) is 2.90. The predicted molar refractivity (Wildman–Crippen MR) is 70.8 cm³/mol. The van der Waals surface area contributed by atoms with Crippen molar-refractivity contribution >= 4 is 17.8 Å². The number of aliphatic carboxylic acids is 1. The molecule has 116 valence electrons. The van der Waals surface area contributed by atoms with E-state index in [-0.39, 0.29) is 25.3 Å². The summed E-state index contributed by atoms with van der Waals surface area (Å²) in [5.74, 6) is -2.74. The van der Waals surface area contributed by atoms with Crippen molar-refractivity contribution in [2.45, 2.75) is 44.9 Å². The van der Waals surface area contributed by atoms with E-state index in [1.807, 2.05) is 6.07 Å². The molecule has 0 aromatic carbocycles. The van der Waals surface area contributed by atoms with Gasteiger partial charge in [0, 0.05) is 25.8 Å². The Bertz CT molecular complexity index is 473. The molecular weight excluding hydrogens is 278 g/mol. The first kappa shape index (κ1) is 16.9. The van der Waals surface area contributed by atoms with E-state index in [4.69, 9.17) is 10.4 Å². The van der Waals surface area contributed by atoms with Gasteiger partial charge in [-0.2, -0.15) is 5.26 Å². The lowest BCUT2D eigenvalue weighted by molar-refractivity contribution is -0.143. The van der Waals surface area contributed by atoms with Gasteiger partial charge in [-0.05, 0) is 13.3 Å². The molecule has 0 saturated carbocycles. The summed E-state index contributed by atoms with van der Waals surface area (Å²) in [7, 11) is 0. The van der Waals surface area contributed by atoms with Gasteiger partial charge in [-0.1, -0.05) is 0 Å². The monoisotopic (exact) mass is 297 g/mol. The second kappa shape index (κ2) is 7.04. The normalized spacial score (nSPS) is 24.0. The van der Waals surface area contributed by atoms with Crippen molar-refractivity contribution in [3.8, 4) is 6.07 Å². The van der Waals surface area contributed by atoms with Gasteiger partial charge in [-0.15, -0.1) is 0 Å². The lowest BCUT2D eigenvalue weighted by Crippen LogP contribution is -2.50. The van der Waals surface area contributed by atoms with Crippen LogP contribution in [0.3, 0.4) is 0 Å². The summed E-state index contributed by atoms with van der Waals surface area (Å²) < 4.78 is 0. The number of amides is 2. The van der Waals surface area contributed by atoms with Crippen molar-refractivity contribution in [2.75, 3.05) is 6.54 Å². The molecule has 1 heterocycles. The van der Waals surface area contributed by atoms with Crippen LogP contribution in [0.1, 0.15) is 26.7 Å². The maximum absolute atomic E-state index is 12.1. The third-order valence-corrected chi connectivity index (χ3v) is 3.41. The van der Waals surface area contributed by atoms with Crippen LogP contribution in [-0.4, -0.2) is 57.6 Å². The average Bonchev–Trinajstić information content (AvgIpc) is 2.79. The lowest BCUT2D eigenvalue weighted by Gasteiger charge is -2.24. The molecule has 1 saturated heterocycles. The number of nitrogens with one attached hydrogen (secondary N) is 1. The number of hydrogen-bond donors (Lipinski definition) is 3. The second-order valence-electron chi connectivity index (χ2n) is 5.24. The number of aliphatic hydroxyl groups excluding tert-OH is 1. The second-order valence-corrected chi connectivity index (χ2v) is 5.24. The third-order valence-electron chi connectivity index (χ3n) is 3.41. The number of rotatable bonds is 5. The number of carbonyl (C=O) groups excluding carboxylic acids is 2. The zero-order valence-corrected chi connectivity index (χ0v) is 11.9. The quantitative estimate of drug-likeness (QED) is 0.602. The summed E-state index contributed by atoms with van der Waals surface area (Å²) in [4.78, 5) is 35.9. The van der Waals surface area contributed by atoms with Crippen LogP contribution in [0.15, 0.2) is 0 Å². The molecule has 0 aromatic heterocycles. The highest BCUT2D eigenvalue weighted by Crippen LogP contribution is 2.18. The van der Waals surface area contributed by atoms with Crippen molar-refractivity contribution < 1.29 is 24.6 Å². The summed E-state index contributed by atoms with van der Waals surface area (Å²) in [5, 5.41) is 29.7. The van der Waals surface area contributed by atoms with E-state index in [1.54, 1.807) is 6.92 Å². The van der Waals surface area contributed by atoms with E-state index in [0.717, 1.165) is 0 Å². The number of carbonyl (C=O) groups is 3. The minimum Gasteiger partial charge on any atom is -0.480 e. The third kappa shape index (κ3) is 4.43. The minimum atomic E-state index is -1.24. The molecule has 0 bridgehead atoms. The first-order chi connectivity index (χ1) is 9.76. The van der Waals surface area contributed by atoms with Gasteiger partial charge in [-0.25, -0.2) is 4.79 Å². The van der Waals surface area contributed by atoms with Gasteiger partial charge in [0.25, 0.3) is 0 Å². The molecule has 0 unspecified atom stereocenters. The zero-order valence-electron chi connectivity index (χ0n) is 11.9. The van der Waals surface area contributed by atoms with Crippen LogP contribution in [0.4, 0.5) is 0 Å². The Hall–Kier alpha value is -2.14. The molecule has 1 aliphatic heterocycles. The fourth-order valence-corrected chi connectivity index (χ4v) is 2.31. The van der Waals surface area contributed by atoms with Crippen LogP contribution in [0.25, 0.3) is 0 Å². The highest BCUT2D eigenvalue weighted by Gasteiger charge is 2.38. The number of nitrogens with zero attached hydrogens (tertiary/aromatic N) is 2. The maximum Gasteiger partial charge on any atom is 0.326 e. The maximum atomic E-state index is 12.1. The van der Waals surface area contributed by atoms with Crippen molar-refractivity contribution in [3.63, 3.8) is 0 Å². The molecule has 21 heavy (non-hydrogen) atoms. The standard InChI is InChI=1S/C13H19N3O5/c1-7(5-14)3-10(13(20)21)15-12(19)11-4-9(18)6-16(11)8(2)17/h7,9-11,18H,3-4,6H2,1-2H3,(H,15,19)(H,20,21)/t7-,9-,10+,11+/m1/s1. The molecule has 8 heteroatoms. The molecule has 0 spiro atoms. The van der Waals surface area contributed by atoms with Gasteiger partial charge in [0.2, 0.25) is 11.8 Å².